The Morgan fingerprint density at radius 2 is 1.86 bits per heavy atom. The van der Waals surface area contributed by atoms with Crippen LogP contribution in [-0.2, 0) is 16.1 Å². The fourth-order valence-electron chi connectivity index (χ4n) is 4.82. The van der Waals surface area contributed by atoms with Gasteiger partial charge >= 0.3 is 5.97 Å². The third-order valence-electron chi connectivity index (χ3n) is 6.91. The van der Waals surface area contributed by atoms with Gasteiger partial charge in [-0.3, -0.25) is 9.36 Å². The molecule has 0 aliphatic carbocycles. The van der Waals surface area contributed by atoms with Crippen molar-refractivity contribution < 1.29 is 23.7 Å². The van der Waals surface area contributed by atoms with Crippen LogP contribution in [0.1, 0.15) is 36.6 Å². The van der Waals surface area contributed by atoms with E-state index in [-0.39, 0.29) is 18.8 Å². The van der Waals surface area contributed by atoms with Gasteiger partial charge in [-0.2, -0.15) is 0 Å². The second kappa shape index (κ2) is 13.8. The second-order valence-corrected chi connectivity index (χ2v) is 11.2. The van der Waals surface area contributed by atoms with Crippen molar-refractivity contribution in [2.75, 3.05) is 20.3 Å². The lowest BCUT2D eigenvalue weighted by Crippen LogP contribution is -2.39. The number of hydrogen-bond acceptors (Lipinski definition) is 8. The molecule has 0 amide bonds. The molecule has 1 aromatic heterocycles. The number of hydrogen-bond donors (Lipinski definition) is 0. The normalized spacial score (nSPS) is 14.5. The minimum absolute atomic E-state index is 0.195. The van der Waals surface area contributed by atoms with Crippen LogP contribution in [-0.4, -0.2) is 30.9 Å². The maximum Gasteiger partial charge on any atom is 0.338 e. The zero-order valence-electron chi connectivity index (χ0n) is 24.5. The summed E-state index contributed by atoms with van der Waals surface area (Å²) in [7, 11) is 1.56. The lowest BCUT2D eigenvalue weighted by molar-refractivity contribution is -0.139. The fourth-order valence-corrected chi connectivity index (χ4v) is 6.06. The molecule has 44 heavy (non-hydrogen) atoms. The van der Waals surface area contributed by atoms with E-state index in [1.165, 1.54) is 11.3 Å². The molecule has 1 aliphatic rings. The summed E-state index contributed by atoms with van der Waals surface area (Å²) in [6.45, 7) is 8.00. The van der Waals surface area contributed by atoms with Gasteiger partial charge in [0.15, 0.2) is 16.3 Å². The van der Waals surface area contributed by atoms with E-state index in [0.717, 1.165) is 16.7 Å². The molecule has 0 radical (unpaired) electrons. The zero-order chi connectivity index (χ0) is 31.2. The van der Waals surface area contributed by atoms with Crippen LogP contribution in [0, 0.1) is 0 Å². The van der Waals surface area contributed by atoms with Gasteiger partial charge in [0.25, 0.3) is 5.56 Å². The Kier molecular flexibility index (Phi) is 9.67. The lowest BCUT2D eigenvalue weighted by Gasteiger charge is -2.24. The quantitative estimate of drug-likeness (QED) is 0.158. The molecule has 3 aromatic carbocycles. The number of nitrogens with zero attached hydrogens (tertiary/aromatic N) is 2. The summed E-state index contributed by atoms with van der Waals surface area (Å²) in [6.07, 6.45) is 3.44. The van der Waals surface area contributed by atoms with Crippen LogP contribution in [0.4, 0.5) is 0 Å². The van der Waals surface area contributed by atoms with E-state index in [4.69, 9.17) is 30.5 Å². The summed E-state index contributed by atoms with van der Waals surface area (Å²) in [4.78, 5) is 32.2. The molecule has 226 valence electrons. The average Bonchev–Trinajstić information content (AvgIpc) is 3.33. The van der Waals surface area contributed by atoms with Crippen molar-refractivity contribution in [1.29, 1.82) is 0 Å². The molecule has 5 rings (SSSR count). The van der Waals surface area contributed by atoms with Gasteiger partial charge in [0.2, 0.25) is 0 Å². The number of carbonyl (C=O) groups is 1. The van der Waals surface area contributed by atoms with E-state index in [1.807, 2.05) is 42.5 Å². The monoisotopic (exact) mass is 630 g/mol. The molecule has 1 atom stereocenters. The molecule has 0 bridgehead atoms. The van der Waals surface area contributed by atoms with Crippen molar-refractivity contribution in [3.05, 3.63) is 132 Å². The number of carbonyl (C=O) groups excluding carboxylic acids is 1. The van der Waals surface area contributed by atoms with Gasteiger partial charge in [-0.25, -0.2) is 9.79 Å². The second-order valence-electron chi connectivity index (χ2n) is 9.76. The predicted octanol–water partition coefficient (Wildman–Crippen LogP) is 5.60. The van der Waals surface area contributed by atoms with Crippen LogP contribution in [0.3, 0.4) is 0 Å². The maximum absolute atomic E-state index is 14.0. The number of methoxy groups -OCH3 is 1. The van der Waals surface area contributed by atoms with Crippen molar-refractivity contribution in [2.45, 2.75) is 26.5 Å². The van der Waals surface area contributed by atoms with E-state index in [2.05, 4.69) is 11.6 Å². The van der Waals surface area contributed by atoms with Crippen LogP contribution < -0.4 is 29.1 Å². The van der Waals surface area contributed by atoms with Crippen molar-refractivity contribution in [3.8, 4) is 17.2 Å². The van der Waals surface area contributed by atoms with E-state index in [0.29, 0.717) is 49.5 Å². The SMILES string of the molecule is C=CCOc1ccc([C@@H]2C(C(=O)OCC)=C(C)N=c3s/c(=C\c4ccc(OCc5ccccc5Cl)c(OC)c4)c(=O)n32)cc1. The highest BCUT2D eigenvalue weighted by atomic mass is 35.5. The molecule has 0 saturated heterocycles. The largest absolute Gasteiger partial charge is 0.493 e. The number of rotatable bonds is 11. The third kappa shape index (κ3) is 6.49. The van der Waals surface area contributed by atoms with E-state index < -0.39 is 12.0 Å². The average molecular weight is 631 g/mol. The van der Waals surface area contributed by atoms with Gasteiger partial charge in [-0.15, -0.1) is 0 Å². The Labute approximate surface area is 263 Å². The Morgan fingerprint density at radius 3 is 2.57 bits per heavy atom. The number of aromatic nitrogens is 1. The van der Waals surface area contributed by atoms with Crippen LogP contribution >= 0.6 is 22.9 Å². The molecule has 0 fully saturated rings. The first kappa shape index (κ1) is 30.8. The van der Waals surface area contributed by atoms with Crippen LogP contribution in [0.2, 0.25) is 5.02 Å². The number of thiazole rings is 1. The molecule has 0 unspecified atom stereocenters. The van der Waals surface area contributed by atoms with Crippen LogP contribution in [0.15, 0.2) is 100 Å². The minimum Gasteiger partial charge on any atom is -0.493 e. The highest BCUT2D eigenvalue weighted by Crippen LogP contribution is 2.32. The van der Waals surface area contributed by atoms with E-state index in [9.17, 15) is 9.59 Å². The minimum atomic E-state index is -0.726. The summed E-state index contributed by atoms with van der Waals surface area (Å²) >= 11 is 7.52. The number of benzene rings is 3. The van der Waals surface area contributed by atoms with Crippen LogP contribution in [0.25, 0.3) is 6.08 Å². The number of ether oxygens (including phenoxy) is 4. The lowest BCUT2D eigenvalue weighted by atomic mass is 9.96. The third-order valence-corrected chi connectivity index (χ3v) is 8.26. The molecular weight excluding hydrogens is 600 g/mol. The van der Waals surface area contributed by atoms with Crippen molar-refractivity contribution >= 4 is 35.0 Å². The Bertz CT molecular complexity index is 1910. The molecule has 0 spiro atoms. The maximum atomic E-state index is 14.0. The Balaban J connectivity index is 1.53. The number of halogens is 1. The number of allylic oxidation sites excluding steroid dienone is 1. The van der Waals surface area contributed by atoms with Gasteiger partial charge < -0.3 is 18.9 Å². The number of fused-ring (bicyclic) bond motifs is 1. The molecule has 10 heteroatoms. The van der Waals surface area contributed by atoms with Gasteiger partial charge in [0, 0.05) is 10.6 Å². The summed E-state index contributed by atoms with van der Waals surface area (Å²) in [5.74, 6) is 1.18. The zero-order valence-corrected chi connectivity index (χ0v) is 26.1. The molecule has 0 N–H and O–H groups in total. The highest BCUT2D eigenvalue weighted by molar-refractivity contribution is 7.07. The fraction of sp³-hybridized carbons (Fsp3) is 0.206. The molecule has 1 aliphatic heterocycles. The van der Waals surface area contributed by atoms with Crippen molar-refractivity contribution in [1.82, 2.24) is 4.57 Å². The van der Waals surface area contributed by atoms with Crippen molar-refractivity contribution in [3.63, 3.8) is 0 Å². The standard InChI is InChI=1S/C34H31ClN2O6S/c1-5-17-42-25-14-12-23(13-15-25)31-30(33(39)41-6-2)21(3)36-34-37(31)32(38)29(44-34)19-22-11-16-27(28(18-22)40-4)43-20-24-9-7-8-10-26(24)35/h5,7-16,18-19,31H,1,6,17,20H2,2-4H3/b29-19-/t31-/m1/s1. The number of esters is 1. The molecule has 0 saturated carbocycles. The Morgan fingerprint density at radius 1 is 1.09 bits per heavy atom. The highest BCUT2D eigenvalue weighted by Gasteiger charge is 2.33. The predicted molar refractivity (Wildman–Crippen MR) is 171 cm³/mol. The van der Waals surface area contributed by atoms with Gasteiger partial charge in [-0.1, -0.05) is 72.0 Å². The first-order valence-corrected chi connectivity index (χ1v) is 15.1. The van der Waals surface area contributed by atoms with E-state index >= 15 is 0 Å². The first-order valence-electron chi connectivity index (χ1n) is 13.9. The van der Waals surface area contributed by atoms with Crippen molar-refractivity contribution in [2.24, 2.45) is 4.99 Å². The molecule has 4 aromatic rings. The molecule has 2 heterocycles. The Hall–Kier alpha value is -4.60. The summed E-state index contributed by atoms with van der Waals surface area (Å²) in [5, 5.41) is 0.620. The van der Waals surface area contributed by atoms with E-state index in [1.54, 1.807) is 61.9 Å². The molecular formula is C34H31ClN2O6S. The van der Waals surface area contributed by atoms with Gasteiger partial charge in [0.05, 0.1) is 35.6 Å². The summed E-state index contributed by atoms with van der Waals surface area (Å²) in [6, 6.07) is 19.5. The summed E-state index contributed by atoms with van der Waals surface area (Å²) in [5.41, 5.74) is 2.84. The van der Waals surface area contributed by atoms with Gasteiger partial charge in [-0.05, 0) is 61.4 Å². The summed E-state index contributed by atoms with van der Waals surface area (Å²) < 4.78 is 24.6. The van der Waals surface area contributed by atoms with Gasteiger partial charge in [0.1, 0.15) is 19.0 Å². The van der Waals surface area contributed by atoms with Crippen LogP contribution in [0.5, 0.6) is 17.2 Å². The first-order chi connectivity index (χ1) is 21.3. The topological polar surface area (TPSA) is 88.4 Å². The molecule has 8 nitrogen and oxygen atoms in total. The smallest absolute Gasteiger partial charge is 0.338 e.